The lowest BCUT2D eigenvalue weighted by molar-refractivity contribution is 0.0953. The number of H-pyrrole nitrogens is 1. The Balaban J connectivity index is 0.00000264. The molecule has 0 saturated heterocycles. The van der Waals surface area contributed by atoms with Gasteiger partial charge in [-0.05, 0) is 38.5 Å². The van der Waals surface area contributed by atoms with E-state index in [1.165, 1.54) is 6.07 Å². The number of aromatic nitrogens is 2. The highest BCUT2D eigenvalue weighted by Gasteiger charge is 2.10. The number of amides is 1. The first-order valence-electron chi connectivity index (χ1n) is 7.24. The number of rotatable bonds is 5. The normalized spacial score (nSPS) is 11.8. The largest absolute Gasteiger partial charge is 0.352 e. The lowest BCUT2D eigenvalue weighted by atomic mass is 10.1. The summed E-state index contributed by atoms with van der Waals surface area (Å²) >= 11 is 0. The predicted molar refractivity (Wildman–Crippen MR) is 92.4 cm³/mol. The highest BCUT2D eigenvalue weighted by atomic mass is 35.5. The van der Waals surface area contributed by atoms with Gasteiger partial charge in [-0.25, -0.2) is 4.79 Å². The molecule has 2 aromatic rings. The Labute approximate surface area is 139 Å². The molecule has 23 heavy (non-hydrogen) atoms. The Kier molecular flexibility index (Phi) is 6.53. The molecule has 0 radical (unpaired) electrons. The molecule has 2 rings (SSSR count). The van der Waals surface area contributed by atoms with E-state index in [1.54, 1.807) is 19.1 Å². The molecule has 0 spiro atoms. The summed E-state index contributed by atoms with van der Waals surface area (Å²) < 4.78 is 1.12. The summed E-state index contributed by atoms with van der Waals surface area (Å²) in [4.78, 5) is 38.6. The lowest BCUT2D eigenvalue weighted by Gasteiger charge is -2.08. The quantitative estimate of drug-likeness (QED) is 0.740. The summed E-state index contributed by atoms with van der Waals surface area (Å²) in [5.41, 5.74) is 5.54. The van der Waals surface area contributed by atoms with E-state index in [1.807, 2.05) is 6.92 Å². The summed E-state index contributed by atoms with van der Waals surface area (Å²) in [6.07, 6.45) is 0.678. The maximum atomic E-state index is 12.1. The third-order valence-electron chi connectivity index (χ3n) is 3.45. The van der Waals surface area contributed by atoms with Gasteiger partial charge in [0.05, 0.1) is 10.9 Å². The smallest absolute Gasteiger partial charge is 0.328 e. The first kappa shape index (κ1) is 18.9. The number of carbonyl (C=O) groups is 1. The molecule has 0 aliphatic carbocycles. The van der Waals surface area contributed by atoms with Crippen LogP contribution in [0, 0.1) is 0 Å². The number of halogens is 1. The summed E-state index contributed by atoms with van der Waals surface area (Å²) in [6.45, 7) is 4.36. The minimum absolute atomic E-state index is 0. The summed E-state index contributed by atoms with van der Waals surface area (Å²) in [7, 11) is 0. The van der Waals surface area contributed by atoms with Gasteiger partial charge in [0.25, 0.3) is 11.5 Å². The number of aromatic amines is 1. The molecule has 1 unspecified atom stereocenters. The highest BCUT2D eigenvalue weighted by molar-refractivity contribution is 5.97. The first-order chi connectivity index (χ1) is 10.4. The number of hydrogen-bond acceptors (Lipinski definition) is 4. The lowest BCUT2D eigenvalue weighted by Crippen LogP contribution is -2.34. The molecular formula is C15H21ClN4O3. The van der Waals surface area contributed by atoms with Crippen LogP contribution in [0.5, 0.6) is 0 Å². The molecule has 4 N–H and O–H groups in total. The van der Waals surface area contributed by atoms with Crippen LogP contribution >= 0.6 is 12.4 Å². The molecule has 1 atom stereocenters. The molecule has 0 fully saturated rings. The van der Waals surface area contributed by atoms with Crippen molar-refractivity contribution >= 4 is 29.2 Å². The summed E-state index contributed by atoms with van der Waals surface area (Å²) in [5.74, 6) is -0.261. The molecule has 0 aliphatic heterocycles. The van der Waals surface area contributed by atoms with Crippen molar-refractivity contribution in [3.8, 4) is 0 Å². The first-order valence-corrected chi connectivity index (χ1v) is 7.24. The predicted octanol–water partition coefficient (Wildman–Crippen LogP) is 0.599. The van der Waals surface area contributed by atoms with Gasteiger partial charge in [-0.15, -0.1) is 12.4 Å². The van der Waals surface area contributed by atoms with Gasteiger partial charge in [0.15, 0.2) is 0 Å². The molecule has 1 aromatic carbocycles. The standard InChI is InChI=1S/C15H20N4O3.ClH/c1-3-19-14(21)11-5-4-10(8-12(11)18-15(19)22)13(20)17-7-6-9(2)16;/h4-5,8-9H,3,6-7,16H2,1-2H3,(H,17,20)(H,18,22);1H. The van der Waals surface area contributed by atoms with Crippen LogP contribution < -0.4 is 22.3 Å². The Morgan fingerprint density at radius 2 is 2.09 bits per heavy atom. The van der Waals surface area contributed by atoms with E-state index in [2.05, 4.69) is 10.3 Å². The second-order valence-electron chi connectivity index (χ2n) is 5.26. The van der Waals surface area contributed by atoms with Gasteiger partial charge in [-0.3, -0.25) is 14.2 Å². The Hall–Kier alpha value is -2.12. The van der Waals surface area contributed by atoms with Crippen molar-refractivity contribution in [3.05, 3.63) is 44.6 Å². The van der Waals surface area contributed by atoms with Crippen LogP contribution in [0.15, 0.2) is 27.8 Å². The van der Waals surface area contributed by atoms with Crippen LogP contribution in [0.25, 0.3) is 10.9 Å². The second kappa shape index (κ2) is 7.94. The fraction of sp³-hybridized carbons (Fsp3) is 0.400. The molecule has 1 amide bonds. The van der Waals surface area contributed by atoms with Gasteiger partial charge in [0.2, 0.25) is 0 Å². The van der Waals surface area contributed by atoms with Crippen molar-refractivity contribution in [2.45, 2.75) is 32.9 Å². The summed E-state index contributed by atoms with van der Waals surface area (Å²) in [6, 6.07) is 4.66. The minimum atomic E-state index is -0.477. The van der Waals surface area contributed by atoms with Gasteiger partial charge in [-0.1, -0.05) is 0 Å². The van der Waals surface area contributed by atoms with Crippen molar-refractivity contribution in [2.24, 2.45) is 5.73 Å². The molecule has 8 heteroatoms. The zero-order chi connectivity index (χ0) is 16.3. The SMILES string of the molecule is CCn1c(=O)[nH]c2cc(C(=O)NCCC(C)N)ccc2c1=O.Cl. The molecule has 1 aromatic heterocycles. The van der Waals surface area contributed by atoms with Crippen molar-refractivity contribution < 1.29 is 4.79 Å². The minimum Gasteiger partial charge on any atom is -0.352 e. The van der Waals surface area contributed by atoms with E-state index >= 15 is 0 Å². The fourth-order valence-electron chi connectivity index (χ4n) is 2.20. The Morgan fingerprint density at radius 1 is 1.39 bits per heavy atom. The number of benzene rings is 1. The zero-order valence-corrected chi connectivity index (χ0v) is 13.9. The third kappa shape index (κ3) is 4.20. The Bertz CT molecular complexity index is 810. The van der Waals surface area contributed by atoms with Crippen molar-refractivity contribution in [1.82, 2.24) is 14.9 Å². The monoisotopic (exact) mass is 340 g/mol. The van der Waals surface area contributed by atoms with Crippen LogP contribution in [-0.4, -0.2) is 28.0 Å². The van der Waals surface area contributed by atoms with Gasteiger partial charge < -0.3 is 16.0 Å². The average molecular weight is 341 g/mol. The molecule has 1 heterocycles. The maximum Gasteiger partial charge on any atom is 0.328 e. The van der Waals surface area contributed by atoms with Gasteiger partial charge >= 0.3 is 5.69 Å². The average Bonchev–Trinajstić information content (AvgIpc) is 2.46. The number of nitrogens with two attached hydrogens (primary N) is 1. The zero-order valence-electron chi connectivity index (χ0n) is 13.1. The van der Waals surface area contributed by atoms with E-state index in [0.29, 0.717) is 36.0 Å². The van der Waals surface area contributed by atoms with Crippen LogP contribution in [0.3, 0.4) is 0 Å². The van der Waals surface area contributed by atoms with E-state index in [9.17, 15) is 14.4 Å². The topological polar surface area (TPSA) is 110 Å². The van der Waals surface area contributed by atoms with E-state index in [-0.39, 0.29) is 29.9 Å². The van der Waals surface area contributed by atoms with Crippen molar-refractivity contribution in [3.63, 3.8) is 0 Å². The van der Waals surface area contributed by atoms with Crippen LogP contribution in [0.2, 0.25) is 0 Å². The van der Waals surface area contributed by atoms with E-state index in [0.717, 1.165) is 4.57 Å². The number of carbonyl (C=O) groups excluding carboxylic acids is 1. The van der Waals surface area contributed by atoms with Crippen molar-refractivity contribution in [2.75, 3.05) is 6.54 Å². The second-order valence-corrected chi connectivity index (χ2v) is 5.26. The van der Waals surface area contributed by atoms with Gasteiger partial charge in [0.1, 0.15) is 0 Å². The van der Waals surface area contributed by atoms with Crippen LogP contribution in [-0.2, 0) is 6.54 Å². The number of fused-ring (bicyclic) bond motifs is 1. The van der Waals surface area contributed by atoms with E-state index in [4.69, 9.17) is 5.73 Å². The highest BCUT2D eigenvalue weighted by Crippen LogP contribution is 2.09. The third-order valence-corrected chi connectivity index (χ3v) is 3.45. The Morgan fingerprint density at radius 3 is 2.70 bits per heavy atom. The van der Waals surface area contributed by atoms with E-state index < -0.39 is 5.69 Å². The molecule has 0 aliphatic rings. The maximum absolute atomic E-state index is 12.1. The van der Waals surface area contributed by atoms with Gasteiger partial charge in [0, 0.05) is 24.7 Å². The molecule has 0 saturated carbocycles. The number of nitrogens with zero attached hydrogens (tertiary/aromatic N) is 1. The number of hydrogen-bond donors (Lipinski definition) is 3. The number of nitrogens with one attached hydrogen (secondary N) is 2. The van der Waals surface area contributed by atoms with Crippen LogP contribution in [0.1, 0.15) is 30.6 Å². The van der Waals surface area contributed by atoms with Crippen LogP contribution in [0.4, 0.5) is 0 Å². The fourth-order valence-corrected chi connectivity index (χ4v) is 2.20. The van der Waals surface area contributed by atoms with Gasteiger partial charge in [-0.2, -0.15) is 0 Å². The summed E-state index contributed by atoms with van der Waals surface area (Å²) in [5, 5.41) is 3.14. The molecular weight excluding hydrogens is 320 g/mol. The molecule has 126 valence electrons. The molecule has 7 nitrogen and oxygen atoms in total. The molecule has 0 bridgehead atoms. The van der Waals surface area contributed by atoms with Crippen molar-refractivity contribution in [1.29, 1.82) is 0 Å².